The number of fused-ring (bicyclic) bond motifs is 1. The predicted octanol–water partition coefficient (Wildman–Crippen LogP) is 4.01. The molecule has 0 bridgehead atoms. The summed E-state index contributed by atoms with van der Waals surface area (Å²) in [4.78, 5) is 5.84. The van der Waals surface area contributed by atoms with E-state index in [4.69, 9.17) is 0 Å². The van der Waals surface area contributed by atoms with E-state index in [1.807, 2.05) is 50.2 Å². The molecular weight excluding hydrogens is 355 g/mol. The third kappa shape index (κ3) is 4.05. The van der Waals surface area contributed by atoms with E-state index in [0.717, 1.165) is 17.2 Å². The van der Waals surface area contributed by atoms with Gasteiger partial charge < -0.3 is 10.2 Å². The van der Waals surface area contributed by atoms with E-state index in [0.29, 0.717) is 24.3 Å². The SMILES string of the molecule is Cc1ccc(-c2c(C)nn3c(NCCN(C)C)cc(C(F)(F)F)nc23)cc1. The zero-order valence-corrected chi connectivity index (χ0v) is 15.7. The zero-order chi connectivity index (χ0) is 19.8. The van der Waals surface area contributed by atoms with E-state index in [-0.39, 0.29) is 11.5 Å². The topological polar surface area (TPSA) is 45.5 Å². The number of alkyl halides is 3. The first kappa shape index (κ1) is 19.2. The molecular formula is C19H22F3N5. The third-order valence-electron chi connectivity index (χ3n) is 4.26. The molecule has 0 aliphatic heterocycles. The Labute approximate surface area is 155 Å². The van der Waals surface area contributed by atoms with Gasteiger partial charge in [-0.1, -0.05) is 29.8 Å². The summed E-state index contributed by atoms with van der Waals surface area (Å²) in [6.45, 7) is 4.90. The lowest BCUT2D eigenvalue weighted by atomic mass is 10.0. The molecule has 2 aromatic heterocycles. The fourth-order valence-electron chi connectivity index (χ4n) is 2.86. The lowest BCUT2D eigenvalue weighted by Crippen LogP contribution is -2.22. The quantitative estimate of drug-likeness (QED) is 0.730. The second kappa shape index (κ2) is 7.19. The van der Waals surface area contributed by atoms with Crippen LogP contribution in [-0.2, 0) is 6.18 Å². The lowest BCUT2D eigenvalue weighted by Gasteiger charge is -2.14. The maximum absolute atomic E-state index is 13.4. The van der Waals surface area contributed by atoms with Crippen LogP contribution in [0.3, 0.4) is 0 Å². The Morgan fingerprint density at radius 1 is 1.11 bits per heavy atom. The smallest absolute Gasteiger partial charge is 0.369 e. The number of halogens is 3. The van der Waals surface area contributed by atoms with Crippen molar-refractivity contribution in [1.82, 2.24) is 19.5 Å². The van der Waals surface area contributed by atoms with Gasteiger partial charge in [0, 0.05) is 24.7 Å². The second-order valence-corrected chi connectivity index (χ2v) is 6.82. The average molecular weight is 377 g/mol. The van der Waals surface area contributed by atoms with Crippen molar-refractivity contribution in [3.05, 3.63) is 47.3 Å². The van der Waals surface area contributed by atoms with Crippen molar-refractivity contribution in [1.29, 1.82) is 0 Å². The minimum atomic E-state index is -4.54. The van der Waals surface area contributed by atoms with Gasteiger partial charge in [-0.05, 0) is 33.5 Å². The molecule has 0 aliphatic carbocycles. The summed E-state index contributed by atoms with van der Waals surface area (Å²) in [5.74, 6) is 0.274. The summed E-state index contributed by atoms with van der Waals surface area (Å²) < 4.78 is 41.7. The third-order valence-corrected chi connectivity index (χ3v) is 4.26. The van der Waals surface area contributed by atoms with E-state index in [1.54, 1.807) is 6.92 Å². The monoisotopic (exact) mass is 377 g/mol. The molecule has 0 atom stereocenters. The Hall–Kier alpha value is -2.61. The number of benzene rings is 1. The van der Waals surface area contributed by atoms with E-state index in [2.05, 4.69) is 15.4 Å². The van der Waals surface area contributed by atoms with Gasteiger partial charge in [-0.25, -0.2) is 4.98 Å². The van der Waals surface area contributed by atoms with E-state index >= 15 is 0 Å². The van der Waals surface area contributed by atoms with Crippen molar-refractivity contribution >= 4 is 11.5 Å². The van der Waals surface area contributed by atoms with Crippen LogP contribution in [-0.4, -0.2) is 46.7 Å². The van der Waals surface area contributed by atoms with Gasteiger partial charge in [-0.3, -0.25) is 0 Å². The van der Waals surface area contributed by atoms with Crippen LogP contribution in [0.5, 0.6) is 0 Å². The highest BCUT2D eigenvalue weighted by Crippen LogP contribution is 2.34. The molecule has 0 radical (unpaired) electrons. The van der Waals surface area contributed by atoms with Crippen LogP contribution in [0, 0.1) is 13.8 Å². The van der Waals surface area contributed by atoms with Gasteiger partial charge in [-0.2, -0.15) is 22.8 Å². The molecule has 1 N–H and O–H groups in total. The van der Waals surface area contributed by atoms with Crippen LogP contribution in [0.4, 0.5) is 19.0 Å². The fraction of sp³-hybridized carbons (Fsp3) is 0.368. The molecule has 0 saturated carbocycles. The molecule has 0 saturated heterocycles. The number of hydrogen-bond acceptors (Lipinski definition) is 4. The Morgan fingerprint density at radius 3 is 2.37 bits per heavy atom. The number of nitrogens with one attached hydrogen (secondary N) is 1. The van der Waals surface area contributed by atoms with Gasteiger partial charge in [0.05, 0.1) is 5.69 Å². The molecule has 3 rings (SSSR count). The number of aryl methyl sites for hydroxylation is 2. The fourth-order valence-corrected chi connectivity index (χ4v) is 2.86. The summed E-state index contributed by atoms with van der Waals surface area (Å²) in [7, 11) is 3.80. The number of hydrogen-bond donors (Lipinski definition) is 1. The molecule has 0 spiro atoms. The highest BCUT2D eigenvalue weighted by Gasteiger charge is 2.34. The first-order valence-corrected chi connectivity index (χ1v) is 8.60. The molecule has 0 amide bonds. The highest BCUT2D eigenvalue weighted by molar-refractivity contribution is 5.81. The first-order valence-electron chi connectivity index (χ1n) is 8.60. The summed E-state index contributed by atoms with van der Waals surface area (Å²) in [5, 5.41) is 7.49. The molecule has 0 fully saturated rings. The molecule has 2 heterocycles. The van der Waals surface area contributed by atoms with Crippen LogP contribution in [0.15, 0.2) is 30.3 Å². The van der Waals surface area contributed by atoms with Crippen molar-refractivity contribution in [2.24, 2.45) is 0 Å². The van der Waals surface area contributed by atoms with Crippen molar-refractivity contribution in [2.45, 2.75) is 20.0 Å². The van der Waals surface area contributed by atoms with Gasteiger partial charge in [0.2, 0.25) is 0 Å². The average Bonchev–Trinajstić information content (AvgIpc) is 2.91. The Kier molecular flexibility index (Phi) is 5.10. The van der Waals surface area contributed by atoms with Gasteiger partial charge >= 0.3 is 6.18 Å². The van der Waals surface area contributed by atoms with Gasteiger partial charge in [0.25, 0.3) is 0 Å². The number of rotatable bonds is 5. The number of anilines is 1. The largest absolute Gasteiger partial charge is 0.433 e. The van der Waals surface area contributed by atoms with Crippen LogP contribution < -0.4 is 5.32 Å². The van der Waals surface area contributed by atoms with Crippen LogP contribution in [0.25, 0.3) is 16.8 Å². The molecule has 5 nitrogen and oxygen atoms in total. The molecule has 27 heavy (non-hydrogen) atoms. The van der Waals surface area contributed by atoms with E-state index in [9.17, 15) is 13.2 Å². The summed E-state index contributed by atoms with van der Waals surface area (Å²) in [6, 6.07) is 8.60. The Morgan fingerprint density at radius 2 is 1.78 bits per heavy atom. The minimum Gasteiger partial charge on any atom is -0.369 e. The maximum atomic E-state index is 13.4. The van der Waals surface area contributed by atoms with Crippen LogP contribution in [0.2, 0.25) is 0 Å². The lowest BCUT2D eigenvalue weighted by molar-refractivity contribution is -0.141. The Bertz CT molecular complexity index is 943. The van der Waals surface area contributed by atoms with Crippen LogP contribution in [0.1, 0.15) is 17.0 Å². The molecule has 3 aromatic rings. The van der Waals surface area contributed by atoms with Crippen molar-refractivity contribution < 1.29 is 13.2 Å². The Balaban J connectivity index is 2.17. The molecule has 0 aliphatic rings. The molecule has 1 aromatic carbocycles. The van der Waals surface area contributed by atoms with Gasteiger partial charge in [0.1, 0.15) is 5.82 Å². The second-order valence-electron chi connectivity index (χ2n) is 6.82. The summed E-state index contributed by atoms with van der Waals surface area (Å²) in [5.41, 5.74) is 2.36. The number of likely N-dealkylation sites (N-methyl/N-ethyl adjacent to an activating group) is 1. The highest BCUT2D eigenvalue weighted by atomic mass is 19.4. The number of aromatic nitrogens is 3. The zero-order valence-electron chi connectivity index (χ0n) is 15.7. The number of nitrogens with zero attached hydrogens (tertiary/aromatic N) is 4. The normalized spacial score (nSPS) is 12.1. The minimum absolute atomic E-state index is 0.193. The van der Waals surface area contributed by atoms with E-state index < -0.39 is 11.9 Å². The van der Waals surface area contributed by atoms with Crippen LogP contribution >= 0.6 is 0 Å². The van der Waals surface area contributed by atoms with Crippen molar-refractivity contribution in [3.8, 4) is 11.1 Å². The summed E-state index contributed by atoms with van der Waals surface area (Å²) in [6.07, 6.45) is -4.54. The van der Waals surface area contributed by atoms with E-state index in [1.165, 1.54) is 4.52 Å². The molecule has 8 heteroatoms. The maximum Gasteiger partial charge on any atom is 0.433 e. The van der Waals surface area contributed by atoms with Crippen molar-refractivity contribution in [3.63, 3.8) is 0 Å². The molecule has 0 unspecified atom stereocenters. The standard InChI is InChI=1S/C19H22F3N5/c1-12-5-7-14(8-6-12)17-13(2)25-27-16(23-9-10-26(3)4)11-15(19(20,21)22)24-18(17)27/h5-8,11,23H,9-10H2,1-4H3. The predicted molar refractivity (Wildman–Crippen MR) is 99.9 cm³/mol. The van der Waals surface area contributed by atoms with Gasteiger partial charge in [0.15, 0.2) is 11.3 Å². The van der Waals surface area contributed by atoms with Crippen molar-refractivity contribution in [2.75, 3.05) is 32.5 Å². The first-order chi connectivity index (χ1) is 12.7. The molecule has 144 valence electrons. The van der Waals surface area contributed by atoms with Gasteiger partial charge in [-0.15, -0.1) is 0 Å². The summed E-state index contributed by atoms with van der Waals surface area (Å²) >= 11 is 0.